The number of benzene rings is 1. The summed E-state index contributed by atoms with van der Waals surface area (Å²) in [6.45, 7) is 2.85. The fourth-order valence-electron chi connectivity index (χ4n) is 2.71. The number of carbonyl (C=O) groups is 1. The van der Waals surface area contributed by atoms with E-state index in [9.17, 15) is 9.18 Å². The maximum Gasteiger partial charge on any atom is 0.254 e. The van der Waals surface area contributed by atoms with Gasteiger partial charge in [-0.25, -0.2) is 9.07 Å². The standard InChI is InChI=1S/C18H22FN3O3/c1-13(25-12-16-7-2-3-10-24-16)18(23)21-17-8-9-20-22(17)15-6-4-5-14(19)11-15/h4-6,8-9,11,13,16H,2-3,7,10,12H2,1H3,(H,21,23)/t13-,16-/m0/s1. The summed E-state index contributed by atoms with van der Waals surface area (Å²) in [5, 5.41) is 6.90. The van der Waals surface area contributed by atoms with Crippen molar-refractivity contribution < 1.29 is 18.7 Å². The topological polar surface area (TPSA) is 65.4 Å². The third kappa shape index (κ3) is 4.64. The van der Waals surface area contributed by atoms with Crippen molar-refractivity contribution in [2.24, 2.45) is 0 Å². The number of amides is 1. The Balaban J connectivity index is 1.58. The van der Waals surface area contributed by atoms with E-state index in [-0.39, 0.29) is 17.8 Å². The average Bonchev–Trinajstić information content (AvgIpc) is 3.08. The van der Waals surface area contributed by atoms with Crippen LogP contribution in [0.15, 0.2) is 36.5 Å². The van der Waals surface area contributed by atoms with Crippen molar-refractivity contribution in [1.82, 2.24) is 9.78 Å². The van der Waals surface area contributed by atoms with Gasteiger partial charge in [0.05, 0.1) is 24.6 Å². The summed E-state index contributed by atoms with van der Waals surface area (Å²) in [5.41, 5.74) is 0.532. The van der Waals surface area contributed by atoms with Gasteiger partial charge in [0.2, 0.25) is 0 Å². The first-order valence-electron chi connectivity index (χ1n) is 8.47. The lowest BCUT2D eigenvalue weighted by atomic mass is 10.1. The van der Waals surface area contributed by atoms with E-state index in [1.165, 1.54) is 16.8 Å². The highest BCUT2D eigenvalue weighted by Gasteiger charge is 2.20. The van der Waals surface area contributed by atoms with E-state index in [1.54, 1.807) is 31.3 Å². The molecule has 1 saturated heterocycles. The van der Waals surface area contributed by atoms with E-state index in [1.807, 2.05) is 0 Å². The lowest BCUT2D eigenvalue weighted by molar-refractivity contribution is -0.130. The van der Waals surface area contributed by atoms with E-state index >= 15 is 0 Å². The van der Waals surface area contributed by atoms with Gasteiger partial charge in [0.1, 0.15) is 17.7 Å². The van der Waals surface area contributed by atoms with Crippen LogP contribution < -0.4 is 5.32 Å². The molecule has 7 heteroatoms. The van der Waals surface area contributed by atoms with Gasteiger partial charge in [-0.1, -0.05) is 6.07 Å². The van der Waals surface area contributed by atoms with Gasteiger partial charge in [0, 0.05) is 12.7 Å². The van der Waals surface area contributed by atoms with Crippen LogP contribution in [0.25, 0.3) is 5.69 Å². The highest BCUT2D eigenvalue weighted by molar-refractivity contribution is 5.93. The van der Waals surface area contributed by atoms with Crippen LogP contribution in [0.3, 0.4) is 0 Å². The van der Waals surface area contributed by atoms with Gasteiger partial charge in [-0.05, 0) is 44.4 Å². The summed E-state index contributed by atoms with van der Waals surface area (Å²) in [6, 6.07) is 7.66. The molecule has 1 aromatic carbocycles. The molecule has 2 heterocycles. The summed E-state index contributed by atoms with van der Waals surface area (Å²) in [7, 11) is 0. The SMILES string of the molecule is C[C@H](OC[C@@H]1CCCCO1)C(=O)Nc1ccnn1-c1cccc(F)c1. The Bertz CT molecular complexity index is 713. The number of nitrogens with zero attached hydrogens (tertiary/aromatic N) is 2. The van der Waals surface area contributed by atoms with E-state index in [4.69, 9.17) is 9.47 Å². The fraction of sp³-hybridized carbons (Fsp3) is 0.444. The lowest BCUT2D eigenvalue weighted by Crippen LogP contribution is -2.33. The summed E-state index contributed by atoms with van der Waals surface area (Å²) in [4.78, 5) is 12.3. The summed E-state index contributed by atoms with van der Waals surface area (Å²) < 4.78 is 26.1. The number of anilines is 1. The smallest absolute Gasteiger partial charge is 0.254 e. The second-order valence-electron chi connectivity index (χ2n) is 6.06. The molecule has 2 aromatic rings. The zero-order chi connectivity index (χ0) is 17.6. The molecule has 1 aliphatic rings. The molecule has 1 fully saturated rings. The van der Waals surface area contributed by atoms with Crippen LogP contribution >= 0.6 is 0 Å². The highest BCUT2D eigenvalue weighted by Crippen LogP contribution is 2.17. The molecule has 0 radical (unpaired) electrons. The zero-order valence-corrected chi connectivity index (χ0v) is 14.2. The molecule has 25 heavy (non-hydrogen) atoms. The molecule has 0 unspecified atom stereocenters. The van der Waals surface area contributed by atoms with Gasteiger partial charge in [-0.15, -0.1) is 0 Å². The number of hydrogen-bond acceptors (Lipinski definition) is 4. The Morgan fingerprint density at radius 2 is 2.36 bits per heavy atom. The number of nitrogens with one attached hydrogen (secondary N) is 1. The first-order chi connectivity index (χ1) is 12.1. The third-order valence-corrected chi connectivity index (χ3v) is 4.12. The zero-order valence-electron chi connectivity index (χ0n) is 14.2. The molecule has 0 aliphatic carbocycles. The molecular weight excluding hydrogens is 325 g/mol. The molecule has 1 amide bonds. The first kappa shape index (κ1) is 17.6. The Morgan fingerprint density at radius 1 is 1.48 bits per heavy atom. The van der Waals surface area contributed by atoms with E-state index < -0.39 is 6.10 Å². The van der Waals surface area contributed by atoms with Gasteiger partial charge >= 0.3 is 0 Å². The van der Waals surface area contributed by atoms with Crippen LogP contribution in [0.5, 0.6) is 0 Å². The molecule has 1 aromatic heterocycles. The summed E-state index contributed by atoms with van der Waals surface area (Å²) >= 11 is 0. The van der Waals surface area contributed by atoms with E-state index in [0.29, 0.717) is 18.1 Å². The van der Waals surface area contributed by atoms with Crippen LogP contribution in [0.4, 0.5) is 10.2 Å². The van der Waals surface area contributed by atoms with Crippen molar-refractivity contribution in [2.75, 3.05) is 18.5 Å². The molecule has 2 atom stereocenters. The molecule has 6 nitrogen and oxygen atoms in total. The average molecular weight is 347 g/mol. The number of aromatic nitrogens is 2. The molecule has 0 bridgehead atoms. The summed E-state index contributed by atoms with van der Waals surface area (Å²) in [6.07, 6.45) is 4.14. The molecule has 0 spiro atoms. The maximum atomic E-state index is 13.4. The monoisotopic (exact) mass is 347 g/mol. The van der Waals surface area contributed by atoms with Crippen LogP contribution in [-0.4, -0.2) is 41.1 Å². The number of hydrogen-bond donors (Lipinski definition) is 1. The minimum atomic E-state index is -0.624. The van der Waals surface area contributed by atoms with Crippen molar-refractivity contribution in [3.8, 4) is 5.69 Å². The quantitative estimate of drug-likeness (QED) is 0.873. The van der Waals surface area contributed by atoms with Gasteiger partial charge in [-0.3, -0.25) is 4.79 Å². The minimum Gasteiger partial charge on any atom is -0.376 e. The molecule has 134 valence electrons. The minimum absolute atomic E-state index is 0.0572. The Labute approximate surface area is 145 Å². The first-order valence-corrected chi connectivity index (χ1v) is 8.47. The normalized spacial score (nSPS) is 18.7. The van der Waals surface area contributed by atoms with Crippen molar-refractivity contribution >= 4 is 11.7 Å². The van der Waals surface area contributed by atoms with Gasteiger partial charge < -0.3 is 14.8 Å². The molecular formula is C18H22FN3O3. The van der Waals surface area contributed by atoms with Crippen LogP contribution in [0, 0.1) is 5.82 Å². The Kier molecular flexibility index (Phi) is 5.78. The van der Waals surface area contributed by atoms with Crippen LogP contribution in [0.1, 0.15) is 26.2 Å². The Morgan fingerprint density at radius 3 is 3.12 bits per heavy atom. The Hall–Kier alpha value is -2.25. The predicted octanol–water partition coefficient (Wildman–Crippen LogP) is 2.92. The molecule has 1 aliphatic heterocycles. The number of rotatable bonds is 6. The van der Waals surface area contributed by atoms with Crippen molar-refractivity contribution in [2.45, 2.75) is 38.4 Å². The number of carbonyl (C=O) groups excluding carboxylic acids is 1. The van der Waals surface area contributed by atoms with Crippen LogP contribution in [-0.2, 0) is 14.3 Å². The van der Waals surface area contributed by atoms with E-state index in [0.717, 1.165) is 25.9 Å². The van der Waals surface area contributed by atoms with Crippen LogP contribution in [0.2, 0.25) is 0 Å². The number of ether oxygens (including phenoxy) is 2. The summed E-state index contributed by atoms with van der Waals surface area (Å²) in [5.74, 6) is -0.191. The third-order valence-electron chi connectivity index (χ3n) is 4.12. The molecule has 1 N–H and O–H groups in total. The predicted molar refractivity (Wildman–Crippen MR) is 91.2 cm³/mol. The van der Waals surface area contributed by atoms with Gasteiger partial charge in [0.15, 0.2) is 0 Å². The van der Waals surface area contributed by atoms with Crippen molar-refractivity contribution in [3.05, 3.63) is 42.3 Å². The van der Waals surface area contributed by atoms with E-state index in [2.05, 4.69) is 10.4 Å². The maximum absolute atomic E-state index is 13.4. The molecule has 0 saturated carbocycles. The highest BCUT2D eigenvalue weighted by atomic mass is 19.1. The lowest BCUT2D eigenvalue weighted by Gasteiger charge is -2.23. The van der Waals surface area contributed by atoms with Crippen molar-refractivity contribution in [3.63, 3.8) is 0 Å². The molecule has 3 rings (SSSR count). The number of halogens is 1. The largest absolute Gasteiger partial charge is 0.376 e. The van der Waals surface area contributed by atoms with Crippen molar-refractivity contribution in [1.29, 1.82) is 0 Å². The van der Waals surface area contributed by atoms with Gasteiger partial charge in [0.25, 0.3) is 5.91 Å². The second kappa shape index (κ2) is 8.22. The second-order valence-corrected chi connectivity index (χ2v) is 6.06. The van der Waals surface area contributed by atoms with Gasteiger partial charge in [-0.2, -0.15) is 5.10 Å². The fourth-order valence-corrected chi connectivity index (χ4v) is 2.71.